The van der Waals surface area contributed by atoms with Crippen LogP contribution in [0, 0.1) is 0 Å². The number of hydrogen-bond acceptors (Lipinski definition) is 5. The van der Waals surface area contributed by atoms with E-state index in [1.165, 1.54) is 10.9 Å². The first-order valence-corrected chi connectivity index (χ1v) is 10.6. The number of sulfone groups is 1. The molecule has 8 heteroatoms. The number of benzene rings is 1. The topological polar surface area (TPSA) is 79.0 Å². The molecule has 0 atom stereocenters. The fourth-order valence-electron chi connectivity index (χ4n) is 3.20. The van der Waals surface area contributed by atoms with Gasteiger partial charge in [-0.15, -0.1) is 0 Å². The van der Waals surface area contributed by atoms with Gasteiger partial charge in [0.15, 0.2) is 0 Å². The summed E-state index contributed by atoms with van der Waals surface area (Å²) in [6, 6.07) is 6.24. The highest BCUT2D eigenvalue weighted by Crippen LogP contribution is 2.25. The van der Waals surface area contributed by atoms with E-state index < -0.39 is 9.84 Å². The van der Waals surface area contributed by atoms with Crippen molar-refractivity contribution < 1.29 is 8.42 Å². The number of aromatic nitrogens is 3. The van der Waals surface area contributed by atoms with Crippen molar-refractivity contribution >= 4 is 36.7 Å². The molecule has 0 saturated heterocycles. The first-order chi connectivity index (χ1) is 11.9. The van der Waals surface area contributed by atoms with Crippen molar-refractivity contribution in [3.63, 3.8) is 0 Å². The number of rotatable bonds is 3. The standard InChI is InChI=1S/C17H17BrN4O2S/c1-25(23,24)17-20-8-12-10-22(5-4-15(12)21-17)9-11-7-19-16-6-13(18)2-3-14(11)16/h2-3,6-8,19H,4-5,9-10H2,1H3. The maximum Gasteiger partial charge on any atom is 0.246 e. The fraction of sp³-hybridized carbons (Fsp3) is 0.294. The molecule has 0 amide bonds. The molecular formula is C17H17BrN4O2S. The molecule has 1 aliphatic heterocycles. The molecule has 0 aliphatic carbocycles. The van der Waals surface area contributed by atoms with Crippen molar-refractivity contribution in [2.75, 3.05) is 12.8 Å². The average molecular weight is 421 g/mol. The summed E-state index contributed by atoms with van der Waals surface area (Å²) in [7, 11) is -3.36. The first-order valence-electron chi connectivity index (χ1n) is 7.93. The lowest BCUT2D eigenvalue weighted by molar-refractivity contribution is 0.243. The predicted octanol–water partition coefficient (Wildman–Crippen LogP) is 2.68. The Bertz CT molecular complexity index is 1060. The highest BCUT2D eigenvalue weighted by molar-refractivity contribution is 9.10. The minimum absolute atomic E-state index is 0.0816. The number of nitrogens with zero attached hydrogens (tertiary/aromatic N) is 3. The molecule has 2 aromatic heterocycles. The molecule has 0 bridgehead atoms. The van der Waals surface area contributed by atoms with Crippen molar-refractivity contribution in [1.82, 2.24) is 19.9 Å². The van der Waals surface area contributed by atoms with Gasteiger partial charge >= 0.3 is 0 Å². The van der Waals surface area contributed by atoms with Crippen molar-refractivity contribution in [2.45, 2.75) is 24.7 Å². The van der Waals surface area contributed by atoms with E-state index in [-0.39, 0.29) is 5.16 Å². The van der Waals surface area contributed by atoms with Crippen LogP contribution in [0.2, 0.25) is 0 Å². The van der Waals surface area contributed by atoms with E-state index >= 15 is 0 Å². The van der Waals surface area contributed by atoms with E-state index in [1.54, 1.807) is 6.20 Å². The van der Waals surface area contributed by atoms with E-state index in [9.17, 15) is 8.42 Å². The summed E-state index contributed by atoms with van der Waals surface area (Å²) in [6.07, 6.45) is 5.57. The van der Waals surface area contributed by atoms with Crippen LogP contribution in [-0.2, 0) is 29.3 Å². The Balaban J connectivity index is 1.56. The van der Waals surface area contributed by atoms with Crippen molar-refractivity contribution in [1.29, 1.82) is 0 Å². The molecule has 0 saturated carbocycles. The highest BCUT2D eigenvalue weighted by atomic mass is 79.9. The lowest BCUT2D eigenvalue weighted by Crippen LogP contribution is -2.31. The van der Waals surface area contributed by atoms with Gasteiger partial charge in [-0.3, -0.25) is 4.90 Å². The average Bonchev–Trinajstić information content (AvgIpc) is 2.95. The molecule has 25 heavy (non-hydrogen) atoms. The summed E-state index contributed by atoms with van der Waals surface area (Å²) in [4.78, 5) is 13.9. The molecule has 0 unspecified atom stereocenters. The lowest BCUT2D eigenvalue weighted by atomic mass is 10.1. The third kappa shape index (κ3) is 3.33. The van der Waals surface area contributed by atoms with Gasteiger partial charge in [0.1, 0.15) is 0 Å². The molecule has 130 valence electrons. The molecule has 6 nitrogen and oxygen atoms in total. The van der Waals surface area contributed by atoms with E-state index in [2.05, 4.69) is 54.1 Å². The van der Waals surface area contributed by atoms with Crippen molar-refractivity contribution in [3.05, 3.63) is 51.9 Å². The SMILES string of the molecule is CS(=O)(=O)c1ncc2c(n1)CCN(Cc1c[nH]c3cc(Br)ccc13)C2. The third-order valence-corrected chi connectivity index (χ3v) is 5.80. The van der Waals surface area contributed by atoms with Gasteiger partial charge in [0, 0.05) is 65.6 Å². The molecule has 4 rings (SSSR count). The van der Waals surface area contributed by atoms with Crippen LogP contribution in [0.5, 0.6) is 0 Å². The maximum absolute atomic E-state index is 11.6. The van der Waals surface area contributed by atoms with E-state index in [0.29, 0.717) is 0 Å². The summed E-state index contributed by atoms with van der Waals surface area (Å²) in [5.74, 6) is 0. The van der Waals surface area contributed by atoms with Gasteiger partial charge in [0.05, 0.1) is 5.69 Å². The maximum atomic E-state index is 11.6. The van der Waals surface area contributed by atoms with E-state index in [1.807, 2.05) is 6.07 Å². The van der Waals surface area contributed by atoms with Crippen LogP contribution in [0.1, 0.15) is 16.8 Å². The van der Waals surface area contributed by atoms with Gasteiger partial charge in [0.25, 0.3) is 0 Å². The van der Waals surface area contributed by atoms with Crippen molar-refractivity contribution in [2.24, 2.45) is 0 Å². The van der Waals surface area contributed by atoms with Gasteiger partial charge < -0.3 is 4.98 Å². The second kappa shape index (κ2) is 6.19. The summed E-state index contributed by atoms with van der Waals surface area (Å²) in [5, 5.41) is 1.14. The van der Waals surface area contributed by atoms with Crippen LogP contribution < -0.4 is 0 Å². The van der Waals surface area contributed by atoms with Crippen LogP contribution in [0.15, 0.2) is 40.2 Å². The lowest BCUT2D eigenvalue weighted by Gasteiger charge is -2.27. The van der Waals surface area contributed by atoms with Gasteiger partial charge in [-0.2, -0.15) is 0 Å². The molecule has 1 aromatic carbocycles. The molecular weight excluding hydrogens is 404 g/mol. The van der Waals surface area contributed by atoms with E-state index in [0.717, 1.165) is 53.6 Å². The Labute approximate surface area is 154 Å². The minimum Gasteiger partial charge on any atom is -0.361 e. The summed E-state index contributed by atoms with van der Waals surface area (Å²) < 4.78 is 24.3. The molecule has 0 spiro atoms. The summed E-state index contributed by atoms with van der Waals surface area (Å²) in [5.41, 5.74) is 4.21. The second-order valence-electron chi connectivity index (χ2n) is 6.36. The smallest absolute Gasteiger partial charge is 0.246 e. The third-order valence-electron chi connectivity index (χ3n) is 4.45. The minimum atomic E-state index is -3.36. The van der Waals surface area contributed by atoms with E-state index in [4.69, 9.17) is 0 Å². The molecule has 3 aromatic rings. The number of halogens is 1. The quantitative estimate of drug-likeness (QED) is 0.658. The molecule has 1 aliphatic rings. The van der Waals surface area contributed by atoms with Crippen LogP contribution in [0.25, 0.3) is 10.9 Å². The number of H-pyrrole nitrogens is 1. The van der Waals surface area contributed by atoms with Gasteiger partial charge in [0.2, 0.25) is 15.0 Å². The van der Waals surface area contributed by atoms with Crippen LogP contribution in [-0.4, -0.2) is 41.1 Å². The number of aromatic amines is 1. The number of hydrogen-bond donors (Lipinski definition) is 1. The zero-order chi connectivity index (χ0) is 17.6. The van der Waals surface area contributed by atoms with Crippen LogP contribution in [0.4, 0.5) is 0 Å². The fourth-order valence-corrected chi connectivity index (χ4v) is 4.08. The Morgan fingerprint density at radius 3 is 3.00 bits per heavy atom. The monoisotopic (exact) mass is 420 g/mol. The number of nitrogens with one attached hydrogen (secondary N) is 1. The Hall–Kier alpha value is -1.77. The predicted molar refractivity (Wildman–Crippen MR) is 99.0 cm³/mol. The van der Waals surface area contributed by atoms with Gasteiger partial charge in [-0.05, 0) is 17.7 Å². The van der Waals surface area contributed by atoms with Crippen LogP contribution in [0.3, 0.4) is 0 Å². The van der Waals surface area contributed by atoms with Crippen LogP contribution >= 0.6 is 15.9 Å². The molecule has 0 fully saturated rings. The highest BCUT2D eigenvalue weighted by Gasteiger charge is 2.21. The summed E-state index contributed by atoms with van der Waals surface area (Å²) >= 11 is 3.49. The molecule has 1 N–H and O–H groups in total. The largest absolute Gasteiger partial charge is 0.361 e. The first kappa shape index (κ1) is 16.7. The van der Waals surface area contributed by atoms with Gasteiger partial charge in [-0.25, -0.2) is 18.4 Å². The zero-order valence-electron chi connectivity index (χ0n) is 13.7. The Morgan fingerprint density at radius 2 is 2.20 bits per heavy atom. The van der Waals surface area contributed by atoms with Gasteiger partial charge in [-0.1, -0.05) is 22.0 Å². The summed E-state index contributed by atoms with van der Waals surface area (Å²) in [6.45, 7) is 2.40. The second-order valence-corrected chi connectivity index (χ2v) is 9.19. The number of fused-ring (bicyclic) bond motifs is 2. The molecule has 3 heterocycles. The normalized spacial score (nSPS) is 15.4. The Kier molecular flexibility index (Phi) is 4.13. The zero-order valence-corrected chi connectivity index (χ0v) is 16.1. The molecule has 0 radical (unpaired) electrons. The Morgan fingerprint density at radius 1 is 1.36 bits per heavy atom. The van der Waals surface area contributed by atoms with Crippen molar-refractivity contribution in [3.8, 4) is 0 Å².